The van der Waals surface area contributed by atoms with Gasteiger partial charge in [-0.05, 0) is 61.7 Å². The molecule has 7 nitrogen and oxygen atoms in total. The highest BCUT2D eigenvalue weighted by Crippen LogP contribution is 2.31. The van der Waals surface area contributed by atoms with Gasteiger partial charge in [0.15, 0.2) is 5.58 Å². The Balaban J connectivity index is 1.73. The summed E-state index contributed by atoms with van der Waals surface area (Å²) in [4.78, 5) is 19.5. The molecule has 150 valence electrons. The summed E-state index contributed by atoms with van der Waals surface area (Å²) in [6.07, 6.45) is 1.41. The molecule has 0 fully saturated rings. The van der Waals surface area contributed by atoms with E-state index in [-0.39, 0.29) is 17.0 Å². The Bertz CT molecular complexity index is 1320. The van der Waals surface area contributed by atoms with Crippen LogP contribution < -0.4 is 0 Å². The first-order valence-corrected chi connectivity index (χ1v) is 9.32. The molecule has 3 aromatic carbocycles. The maximum atomic E-state index is 11.0. The van der Waals surface area contributed by atoms with Gasteiger partial charge in [-0.25, -0.2) is 4.98 Å². The number of fused-ring (bicyclic) bond motifs is 1. The molecule has 1 heterocycles. The van der Waals surface area contributed by atoms with E-state index in [1.165, 1.54) is 24.4 Å². The minimum absolute atomic E-state index is 0.0806. The first kappa shape index (κ1) is 19.3. The van der Waals surface area contributed by atoms with Gasteiger partial charge in [-0.3, -0.25) is 15.1 Å². The summed E-state index contributed by atoms with van der Waals surface area (Å²) in [5.41, 5.74) is 6.16. The van der Waals surface area contributed by atoms with Crippen molar-refractivity contribution >= 4 is 28.7 Å². The van der Waals surface area contributed by atoms with Crippen LogP contribution in [-0.2, 0) is 0 Å². The molecule has 0 unspecified atom stereocenters. The fourth-order valence-corrected chi connectivity index (χ4v) is 3.28. The summed E-state index contributed by atoms with van der Waals surface area (Å²) in [5.74, 6) is 0.413. The van der Waals surface area contributed by atoms with Crippen LogP contribution in [0.2, 0.25) is 0 Å². The Hall–Kier alpha value is -4.00. The fourth-order valence-electron chi connectivity index (χ4n) is 3.28. The van der Waals surface area contributed by atoms with Crippen molar-refractivity contribution in [2.45, 2.75) is 20.8 Å². The van der Waals surface area contributed by atoms with Crippen LogP contribution in [0.15, 0.2) is 57.9 Å². The highest BCUT2D eigenvalue weighted by atomic mass is 16.6. The zero-order chi connectivity index (χ0) is 21.4. The van der Waals surface area contributed by atoms with Crippen molar-refractivity contribution < 1.29 is 14.4 Å². The molecule has 0 bridgehead atoms. The second kappa shape index (κ2) is 7.44. The first-order chi connectivity index (χ1) is 14.3. The van der Waals surface area contributed by atoms with E-state index >= 15 is 0 Å². The molecule has 1 N–H and O–H groups in total. The number of nitro groups is 1. The van der Waals surface area contributed by atoms with Crippen LogP contribution in [0.3, 0.4) is 0 Å². The number of benzene rings is 3. The molecule has 0 atom stereocenters. The third-order valence-electron chi connectivity index (χ3n) is 4.84. The molecule has 0 saturated carbocycles. The van der Waals surface area contributed by atoms with Gasteiger partial charge in [-0.1, -0.05) is 12.1 Å². The van der Waals surface area contributed by atoms with E-state index in [0.29, 0.717) is 11.6 Å². The maximum absolute atomic E-state index is 11.0. The van der Waals surface area contributed by atoms with Crippen molar-refractivity contribution in [3.63, 3.8) is 0 Å². The normalized spacial score (nSPS) is 11.4. The molecule has 4 aromatic rings. The lowest BCUT2D eigenvalue weighted by molar-refractivity contribution is -0.384. The summed E-state index contributed by atoms with van der Waals surface area (Å²) in [6.45, 7) is 5.91. The van der Waals surface area contributed by atoms with Gasteiger partial charge in [0.05, 0.1) is 10.6 Å². The molecular weight excluding hydrogens is 382 g/mol. The van der Waals surface area contributed by atoms with E-state index in [2.05, 4.69) is 9.98 Å². The van der Waals surface area contributed by atoms with Gasteiger partial charge < -0.3 is 9.52 Å². The van der Waals surface area contributed by atoms with Crippen LogP contribution in [-0.4, -0.2) is 21.2 Å². The molecular formula is C23H19N3O4. The smallest absolute Gasteiger partial charge is 0.270 e. The number of aryl methyl sites for hydroxylation is 3. The van der Waals surface area contributed by atoms with Gasteiger partial charge in [0.1, 0.15) is 11.3 Å². The van der Waals surface area contributed by atoms with Crippen LogP contribution in [0, 0.1) is 30.9 Å². The quantitative estimate of drug-likeness (QED) is 0.265. The number of hydrogen-bond donors (Lipinski definition) is 1. The molecule has 0 saturated heterocycles. The highest BCUT2D eigenvalue weighted by molar-refractivity contribution is 5.87. The van der Waals surface area contributed by atoms with E-state index in [9.17, 15) is 15.2 Å². The van der Waals surface area contributed by atoms with Gasteiger partial charge in [0, 0.05) is 29.5 Å². The predicted molar refractivity (Wildman–Crippen MR) is 116 cm³/mol. The van der Waals surface area contributed by atoms with Gasteiger partial charge in [0.25, 0.3) is 5.69 Å². The third kappa shape index (κ3) is 3.65. The Morgan fingerprint density at radius 3 is 2.63 bits per heavy atom. The number of nitrogens with zero attached hydrogens (tertiary/aromatic N) is 3. The van der Waals surface area contributed by atoms with Crippen molar-refractivity contribution in [2.75, 3.05) is 0 Å². The molecule has 0 radical (unpaired) electrons. The molecule has 0 aliphatic rings. The van der Waals surface area contributed by atoms with Crippen molar-refractivity contribution in [1.29, 1.82) is 0 Å². The number of aromatic nitrogens is 1. The van der Waals surface area contributed by atoms with E-state index in [1.807, 2.05) is 51.1 Å². The number of phenols is 1. The zero-order valence-electron chi connectivity index (χ0n) is 16.7. The van der Waals surface area contributed by atoms with Gasteiger partial charge in [-0.2, -0.15) is 0 Å². The maximum Gasteiger partial charge on any atom is 0.270 e. The predicted octanol–water partition coefficient (Wildman–Crippen LogP) is 5.78. The Kier molecular flexibility index (Phi) is 4.79. The Morgan fingerprint density at radius 1 is 1.07 bits per heavy atom. The molecule has 0 aliphatic heterocycles. The standard InChI is InChI=1S/C23H19N3O4/c1-13-8-15(3)22-20(9-13)25-23(30-22)16-5-4-14(2)19(11-16)24-12-17-10-18(26(28)29)6-7-21(17)27/h4-12,27H,1-3H3. The average molecular weight is 401 g/mol. The summed E-state index contributed by atoms with van der Waals surface area (Å²) in [7, 11) is 0. The van der Waals surface area contributed by atoms with Crippen molar-refractivity contribution in [3.8, 4) is 17.2 Å². The SMILES string of the molecule is Cc1cc(C)c2oc(-c3ccc(C)c(N=Cc4cc([N+](=O)[O-])ccc4O)c3)nc2c1. The Morgan fingerprint density at radius 2 is 1.87 bits per heavy atom. The summed E-state index contributed by atoms with van der Waals surface area (Å²) >= 11 is 0. The highest BCUT2D eigenvalue weighted by Gasteiger charge is 2.13. The molecule has 7 heteroatoms. The summed E-state index contributed by atoms with van der Waals surface area (Å²) < 4.78 is 5.98. The van der Waals surface area contributed by atoms with E-state index in [4.69, 9.17) is 4.42 Å². The second-order valence-corrected chi connectivity index (χ2v) is 7.21. The minimum atomic E-state index is -0.514. The molecule has 1 aromatic heterocycles. The van der Waals surface area contributed by atoms with Crippen LogP contribution in [0.5, 0.6) is 5.75 Å². The van der Waals surface area contributed by atoms with Crippen molar-refractivity contribution in [1.82, 2.24) is 4.98 Å². The number of aromatic hydroxyl groups is 1. The molecule has 30 heavy (non-hydrogen) atoms. The zero-order valence-corrected chi connectivity index (χ0v) is 16.7. The summed E-state index contributed by atoms with van der Waals surface area (Å²) in [5, 5.41) is 21.0. The monoisotopic (exact) mass is 401 g/mol. The van der Waals surface area contributed by atoms with Crippen molar-refractivity contribution in [3.05, 3.63) is 80.9 Å². The minimum Gasteiger partial charge on any atom is -0.507 e. The van der Waals surface area contributed by atoms with E-state index in [0.717, 1.165) is 33.4 Å². The van der Waals surface area contributed by atoms with Gasteiger partial charge in [-0.15, -0.1) is 0 Å². The van der Waals surface area contributed by atoms with E-state index in [1.54, 1.807) is 0 Å². The lowest BCUT2D eigenvalue weighted by atomic mass is 10.1. The lowest BCUT2D eigenvalue weighted by Gasteiger charge is -2.03. The second-order valence-electron chi connectivity index (χ2n) is 7.21. The third-order valence-corrected chi connectivity index (χ3v) is 4.84. The van der Waals surface area contributed by atoms with Crippen LogP contribution in [0.25, 0.3) is 22.6 Å². The lowest BCUT2D eigenvalue weighted by Crippen LogP contribution is -1.90. The molecule has 0 aliphatic carbocycles. The van der Waals surface area contributed by atoms with Crippen LogP contribution >= 0.6 is 0 Å². The number of phenolic OH excluding ortho intramolecular Hbond substituents is 1. The number of oxazole rings is 1. The first-order valence-electron chi connectivity index (χ1n) is 9.32. The molecule has 0 amide bonds. The van der Waals surface area contributed by atoms with Gasteiger partial charge in [0.2, 0.25) is 5.89 Å². The van der Waals surface area contributed by atoms with Crippen LogP contribution in [0.4, 0.5) is 11.4 Å². The Labute approximate surface area is 172 Å². The number of rotatable bonds is 4. The topological polar surface area (TPSA) is 102 Å². The average Bonchev–Trinajstić information content (AvgIpc) is 3.12. The molecule has 4 rings (SSSR count). The van der Waals surface area contributed by atoms with Crippen molar-refractivity contribution in [2.24, 2.45) is 4.99 Å². The largest absolute Gasteiger partial charge is 0.507 e. The van der Waals surface area contributed by atoms with E-state index < -0.39 is 4.92 Å². The molecule has 0 spiro atoms. The number of non-ortho nitro benzene ring substituents is 1. The fraction of sp³-hybridized carbons (Fsp3) is 0.130. The number of nitro benzene ring substituents is 1. The number of aliphatic imine (C=N–C) groups is 1. The van der Waals surface area contributed by atoms with Crippen LogP contribution in [0.1, 0.15) is 22.3 Å². The number of hydrogen-bond acceptors (Lipinski definition) is 6. The van der Waals surface area contributed by atoms with Gasteiger partial charge >= 0.3 is 0 Å². The summed E-state index contributed by atoms with van der Waals surface area (Å²) in [6, 6.07) is 13.5.